The summed E-state index contributed by atoms with van der Waals surface area (Å²) in [6.45, 7) is 52.5. The first-order valence-electron chi connectivity index (χ1n) is 64.6. The van der Waals surface area contributed by atoms with E-state index in [2.05, 4.69) is 149 Å². The number of aliphatic hydroxyl groups is 10. The molecule has 10 N–H and O–H groups in total. The zero-order chi connectivity index (χ0) is 109. The van der Waals surface area contributed by atoms with Crippen LogP contribution in [-0.2, 0) is 4.74 Å². The Bertz CT molecular complexity index is 4490. The lowest BCUT2D eigenvalue weighted by Gasteiger charge is -2.62. The van der Waals surface area contributed by atoms with E-state index in [1.165, 1.54) is 167 Å². The van der Waals surface area contributed by atoms with Crippen LogP contribution in [0.5, 0.6) is 0 Å². The molecule has 15 heteroatoms. The average Bonchev–Trinajstić information content (AvgIpc) is 1.39. The van der Waals surface area contributed by atoms with Gasteiger partial charge in [0.25, 0.3) is 11.8 Å². The van der Waals surface area contributed by atoms with Crippen molar-refractivity contribution in [3.05, 3.63) is 11.6 Å². The third-order valence-electron chi connectivity index (χ3n) is 54.6. The fourth-order valence-corrected chi connectivity index (χ4v) is 45.4. The summed E-state index contributed by atoms with van der Waals surface area (Å²) in [6, 6.07) is 0. The zero-order valence-corrected chi connectivity index (χ0v) is 100. The Morgan fingerprint density at radius 1 is 0.333 bits per heavy atom. The first-order valence-corrected chi connectivity index (χ1v) is 64.6. The van der Waals surface area contributed by atoms with Crippen molar-refractivity contribution in [3.63, 3.8) is 0 Å². The first kappa shape index (κ1) is 121. The minimum atomic E-state index is -3.04. The highest BCUT2D eigenvalue weighted by Gasteiger charge is 2.69. The van der Waals surface area contributed by atoms with Gasteiger partial charge in [-0.05, 0) is 580 Å². The van der Waals surface area contributed by atoms with Crippen LogP contribution in [0.15, 0.2) is 11.6 Å². The molecular formula is C135H230F4O11. The van der Waals surface area contributed by atoms with E-state index in [1.54, 1.807) is 12.7 Å². The molecule has 0 aliphatic heterocycles. The minimum absolute atomic E-state index is 0.0745. The van der Waals surface area contributed by atoms with Gasteiger partial charge in [-0.25, -0.2) is 17.6 Å². The lowest BCUT2D eigenvalue weighted by atomic mass is 9.43. The van der Waals surface area contributed by atoms with E-state index in [0.29, 0.717) is 146 Å². The molecule has 0 heterocycles. The third-order valence-corrected chi connectivity index (χ3v) is 54.6. The van der Waals surface area contributed by atoms with Crippen LogP contribution in [0, 0.1) is 250 Å². The van der Waals surface area contributed by atoms with Crippen molar-refractivity contribution >= 4 is 0 Å². The van der Waals surface area contributed by atoms with Gasteiger partial charge in [0, 0.05) is 27.4 Å². The van der Waals surface area contributed by atoms with Crippen LogP contribution >= 0.6 is 0 Å². The molecule has 19 fully saturated rings. The number of allylic oxidation sites excluding steroid dienone is 1. The number of rotatable bonds is 24. The van der Waals surface area contributed by atoms with Gasteiger partial charge in [-0.1, -0.05) is 150 Å². The molecule has 20 aliphatic carbocycles. The van der Waals surface area contributed by atoms with Crippen LogP contribution < -0.4 is 0 Å². The highest BCUT2D eigenvalue weighted by molar-refractivity contribution is 5.24. The Morgan fingerprint density at radius 2 is 0.680 bits per heavy atom. The summed E-state index contributed by atoms with van der Waals surface area (Å²) in [5.41, 5.74) is 1.84. The molecule has 0 bridgehead atoms. The fourth-order valence-electron chi connectivity index (χ4n) is 45.4. The Morgan fingerprint density at radius 3 is 1.07 bits per heavy atom. The molecule has 0 aromatic heterocycles. The monoisotopic (exact) mass is 2100 g/mol. The summed E-state index contributed by atoms with van der Waals surface area (Å²) in [6.07, 6.45) is 58.4. The predicted octanol–water partition coefficient (Wildman–Crippen LogP) is 31.5. The number of alkyl halides is 4. The van der Waals surface area contributed by atoms with Crippen molar-refractivity contribution in [1.82, 2.24) is 0 Å². The largest absolute Gasteiger partial charge is 0.393 e. The van der Waals surface area contributed by atoms with Crippen molar-refractivity contribution in [3.8, 4) is 11.8 Å². The summed E-state index contributed by atoms with van der Waals surface area (Å²) < 4.78 is 60.8. The van der Waals surface area contributed by atoms with E-state index in [9.17, 15) is 68.6 Å². The third kappa shape index (κ3) is 23.0. The molecule has 20 rings (SSSR count). The lowest BCUT2D eigenvalue weighted by Crippen LogP contribution is -2.56. The molecule has 0 aromatic carbocycles. The molecule has 11 nitrogen and oxygen atoms in total. The standard InChI is InChI=1S/C28H50O2.C28H48O2.C28H46O2.C26H44F2O2.C25H42F2O3/c1-18(2)7-12-25(29)19(3)22-10-11-23-21-9-8-20-17-26(4,30)15-16-27(20,5)24(21)13-14-28(22,23)6;1-6-28(30)16-14-21-20(17-28)8-9-23-22(21)13-15-27(5)24(10-11-25(23)27)19(4)26(29)12-7-18(2)3;1-6-8-9-25(29)19(3)22-12-13-23-21-11-10-20-18-28(30,7-2)17-16-26(20,4)24(21)14-15-27(22,23)5;1-6-26(30)14-13-23(3)17(15-26)7-8-18-20-10-9-19(16(2)22(29)25(5,27)28)24(20,4)12-11-21(18)23;1-15(22(28)24(3,26)27)20-7-8-21-19-6-5-16-13-25(29,14-30-4)12-10-17(16)18(19)9-11-23(20,21)2/h18-25,29-30H,7-17H2,1-6H3;8,18-19,21-26,29-30H,6-7,9-17H2,1-5H3;19-25,29-30H,7,9-18H2,1-5H3;16-22,29-30H,6-15H2,1-5H3;15-22,28-29H,5-14H2,1-4H3/t19-,20-,21-,22+,23-,24-,25-,26-,27-,28+;19-,21-,22+,23+,24+,25-,26-,27+,28-;19-,20-,21-,22+,23-,24-,25-,26-,27+,28-;16-,17+,18-,19+,20-,21-,22+,23-,24+,26-;15-,16+,17-,18+,19+,20+,21-,22+,23+,25-/m00000/s1. The Kier molecular flexibility index (Phi) is 37.1. The number of methoxy groups -OCH3 is 1. The highest BCUT2D eigenvalue weighted by atomic mass is 19.3. The second-order valence-electron chi connectivity index (χ2n) is 62.4. The number of hydrogen-bond acceptors (Lipinski definition) is 11. The summed E-state index contributed by atoms with van der Waals surface area (Å²) in [5, 5.41) is 108. The molecule has 20 aliphatic rings. The lowest BCUT2D eigenvalue weighted by molar-refractivity contribution is -0.163. The van der Waals surface area contributed by atoms with Crippen molar-refractivity contribution in [1.29, 1.82) is 0 Å². The molecule has 150 heavy (non-hydrogen) atoms. The fraction of sp³-hybridized carbons (Fsp3) is 0.970. The van der Waals surface area contributed by atoms with E-state index in [4.69, 9.17) is 4.74 Å². The molecule has 0 unspecified atom stereocenters. The molecule has 49 atom stereocenters. The van der Waals surface area contributed by atoms with Gasteiger partial charge >= 0.3 is 0 Å². The predicted molar refractivity (Wildman–Crippen MR) is 603 cm³/mol. The van der Waals surface area contributed by atoms with Gasteiger partial charge in [0.05, 0.1) is 52.9 Å². The average molecular weight is 2110 g/mol. The quantitative estimate of drug-likeness (QED) is 0.0250. The van der Waals surface area contributed by atoms with Gasteiger partial charge in [0.15, 0.2) is 0 Å². The zero-order valence-electron chi connectivity index (χ0n) is 100. The van der Waals surface area contributed by atoms with E-state index >= 15 is 0 Å². The van der Waals surface area contributed by atoms with Gasteiger partial charge in [-0.15, -0.1) is 11.8 Å². The molecule has 19 saturated carbocycles. The maximum atomic E-state index is 13.9. The second kappa shape index (κ2) is 46.0. The van der Waals surface area contributed by atoms with E-state index in [0.717, 1.165) is 245 Å². The molecule has 0 amide bonds. The smallest absolute Gasteiger partial charge is 0.270 e. The van der Waals surface area contributed by atoms with Crippen LogP contribution in [0.1, 0.15) is 500 Å². The number of aliphatic hydroxyl groups excluding tert-OH is 5. The van der Waals surface area contributed by atoms with Crippen molar-refractivity contribution < 1.29 is 73.4 Å². The SMILES string of the molecule is CC#CC[C@H](O)[C@@H](C)[C@H]1CC[C@H]2[C@@H]3CC[C@H]4C[C@](O)(CC)CC[C@]4(C)[C@H]3CC[C@]12C.CC(C)CC[C@H](O)[C@@H](C)[C@H]1CC[C@H]2[C@@H]3CC[C@H]4C[C@@](C)(O)CC[C@]4(C)[C@H]3CC[C@]12C.CC[C@]1(O)CC[C@@]2(C)[C@H](CC[C@@H]3[C@@H]2CC[C@]2(C)[C@@H]([C@H](C)[C@@H](O)C(C)(F)F)CC[C@@H]32)C1.CC[C@]1(O)CC[C@H]2C(=CC[C@@H]3[C@@H]2CC[C@]2(C)[C@@H]([C@H](C)[C@@H](O)CCC(C)C)CC[C@@H]32)C1.COC[C@]1(O)CC[C@H]2[C@H](CC[C@@H]3[C@@H]2CC[C@]2(C)[C@@H]([C@H](C)[C@@H](O)C(C)(F)F)CC[C@@H]32)C1. The van der Waals surface area contributed by atoms with Crippen LogP contribution in [0.3, 0.4) is 0 Å². The van der Waals surface area contributed by atoms with Crippen LogP contribution in [0.4, 0.5) is 17.6 Å². The summed E-state index contributed by atoms with van der Waals surface area (Å²) >= 11 is 0. The van der Waals surface area contributed by atoms with Gasteiger partial charge in [0.2, 0.25) is 0 Å². The molecular weight excluding hydrogens is 1870 g/mol. The Labute approximate surface area is 914 Å². The van der Waals surface area contributed by atoms with Gasteiger partial charge in [-0.3, -0.25) is 0 Å². The van der Waals surface area contributed by atoms with Crippen LogP contribution in [-0.4, -0.2) is 135 Å². The van der Waals surface area contributed by atoms with Crippen molar-refractivity contribution in [2.45, 2.75) is 570 Å². The van der Waals surface area contributed by atoms with E-state index < -0.39 is 52.1 Å². The highest BCUT2D eigenvalue weighted by Crippen LogP contribution is 2.76. The Balaban J connectivity index is 0.000000133. The van der Waals surface area contributed by atoms with Gasteiger partial charge in [0.1, 0.15) is 12.2 Å². The number of ether oxygens (including phenoxy) is 1. The summed E-state index contributed by atoms with van der Waals surface area (Å²) in [4.78, 5) is 0. The molecule has 0 radical (unpaired) electrons. The maximum Gasteiger partial charge on any atom is 0.270 e. The molecule has 0 saturated heterocycles. The number of hydrogen-bond donors (Lipinski definition) is 10. The number of fused-ring (bicyclic) bond motifs is 25. The van der Waals surface area contributed by atoms with Crippen molar-refractivity contribution in [2.75, 3.05) is 13.7 Å². The summed E-state index contributed by atoms with van der Waals surface area (Å²) in [5.74, 6) is 20.0. The number of halogens is 4. The molecule has 0 spiro atoms. The normalized spacial score (nSPS) is 49.0. The second-order valence-corrected chi connectivity index (χ2v) is 62.4. The van der Waals surface area contributed by atoms with E-state index in [1.807, 2.05) is 20.8 Å². The molecule has 864 valence electrons. The maximum absolute atomic E-state index is 13.9. The van der Waals surface area contributed by atoms with Crippen molar-refractivity contribution in [2.24, 2.45) is 239 Å². The summed E-state index contributed by atoms with van der Waals surface area (Å²) in [7, 11) is 1.67. The van der Waals surface area contributed by atoms with Crippen LogP contribution in [0.2, 0.25) is 0 Å². The van der Waals surface area contributed by atoms with Gasteiger partial charge in [-0.2, -0.15) is 0 Å². The first-order chi connectivity index (χ1) is 70.2. The van der Waals surface area contributed by atoms with Crippen LogP contribution in [0.25, 0.3) is 0 Å². The van der Waals surface area contributed by atoms with Gasteiger partial charge < -0.3 is 55.8 Å². The molecule has 0 aromatic rings. The van der Waals surface area contributed by atoms with E-state index in [-0.39, 0.29) is 52.8 Å². The Hall–Kier alpha value is -1.42. The minimum Gasteiger partial charge on any atom is -0.393 e. The topological polar surface area (TPSA) is 212 Å².